The van der Waals surface area contributed by atoms with E-state index in [0.717, 1.165) is 25.1 Å². The Morgan fingerprint density at radius 1 is 1.29 bits per heavy atom. The molecule has 0 saturated carbocycles. The maximum absolute atomic E-state index is 6.16. The summed E-state index contributed by atoms with van der Waals surface area (Å²) in [5.41, 5.74) is 4.09. The van der Waals surface area contributed by atoms with Crippen molar-refractivity contribution < 1.29 is 9.15 Å². The van der Waals surface area contributed by atoms with Crippen LogP contribution in [0.15, 0.2) is 41.2 Å². The minimum absolute atomic E-state index is 0.369. The standard InChI is InChI=1S/C18H23NO2/c1-19-10-8-15(16-9-11-20-12-16)13-21-18-7-3-5-14-4-2-6-17(14)18/h3,5,7,9,11-12,15,19H,2,4,6,8,10,13H2,1H3. The highest BCUT2D eigenvalue weighted by atomic mass is 16.5. The Morgan fingerprint density at radius 3 is 3.05 bits per heavy atom. The molecule has 3 heteroatoms. The predicted octanol–water partition coefficient (Wildman–Crippen LogP) is 3.54. The first-order valence-corrected chi connectivity index (χ1v) is 7.78. The van der Waals surface area contributed by atoms with Crippen LogP contribution in [-0.2, 0) is 12.8 Å². The lowest BCUT2D eigenvalue weighted by Crippen LogP contribution is -2.17. The van der Waals surface area contributed by atoms with Crippen molar-refractivity contribution in [2.24, 2.45) is 0 Å². The maximum atomic E-state index is 6.16. The summed E-state index contributed by atoms with van der Waals surface area (Å²) in [4.78, 5) is 0. The Bertz CT molecular complexity index is 563. The van der Waals surface area contributed by atoms with Crippen LogP contribution in [0.2, 0.25) is 0 Å². The van der Waals surface area contributed by atoms with Gasteiger partial charge in [0.2, 0.25) is 0 Å². The molecule has 112 valence electrons. The Balaban J connectivity index is 1.68. The highest BCUT2D eigenvalue weighted by molar-refractivity contribution is 5.43. The topological polar surface area (TPSA) is 34.4 Å². The smallest absolute Gasteiger partial charge is 0.122 e. The van der Waals surface area contributed by atoms with Gasteiger partial charge in [0.05, 0.1) is 19.1 Å². The molecular formula is C18H23NO2. The Kier molecular flexibility index (Phi) is 4.61. The highest BCUT2D eigenvalue weighted by Crippen LogP contribution is 2.31. The molecule has 0 bridgehead atoms. The molecule has 1 aromatic carbocycles. The molecule has 3 rings (SSSR count). The van der Waals surface area contributed by atoms with Crippen molar-refractivity contribution in [3.05, 3.63) is 53.5 Å². The minimum Gasteiger partial charge on any atom is -0.493 e. The summed E-state index contributed by atoms with van der Waals surface area (Å²) in [5, 5.41) is 3.21. The zero-order valence-corrected chi connectivity index (χ0v) is 12.6. The number of aryl methyl sites for hydroxylation is 1. The molecular weight excluding hydrogens is 262 g/mol. The van der Waals surface area contributed by atoms with Crippen molar-refractivity contribution >= 4 is 0 Å². The van der Waals surface area contributed by atoms with E-state index >= 15 is 0 Å². The van der Waals surface area contributed by atoms with Gasteiger partial charge in [0.15, 0.2) is 0 Å². The quantitative estimate of drug-likeness (QED) is 0.845. The van der Waals surface area contributed by atoms with Crippen LogP contribution in [0.1, 0.15) is 35.4 Å². The number of nitrogens with one attached hydrogen (secondary N) is 1. The lowest BCUT2D eigenvalue weighted by Gasteiger charge is -2.18. The summed E-state index contributed by atoms with van der Waals surface area (Å²) in [6, 6.07) is 8.48. The average Bonchev–Trinajstić information content (AvgIpc) is 3.18. The van der Waals surface area contributed by atoms with Gasteiger partial charge in [-0.3, -0.25) is 0 Å². The Morgan fingerprint density at radius 2 is 2.24 bits per heavy atom. The minimum atomic E-state index is 0.369. The number of furan rings is 1. The van der Waals surface area contributed by atoms with Gasteiger partial charge in [-0.2, -0.15) is 0 Å². The lowest BCUT2D eigenvalue weighted by atomic mass is 9.99. The zero-order chi connectivity index (χ0) is 14.5. The van der Waals surface area contributed by atoms with Gasteiger partial charge in [0.1, 0.15) is 5.75 Å². The van der Waals surface area contributed by atoms with Crippen LogP contribution in [-0.4, -0.2) is 20.2 Å². The number of ether oxygens (including phenoxy) is 1. The molecule has 1 aliphatic carbocycles. The molecule has 3 nitrogen and oxygen atoms in total. The van der Waals surface area contributed by atoms with Crippen LogP contribution < -0.4 is 10.1 Å². The fourth-order valence-electron chi connectivity index (χ4n) is 3.08. The van der Waals surface area contributed by atoms with Crippen LogP contribution in [0.5, 0.6) is 5.75 Å². The van der Waals surface area contributed by atoms with Gasteiger partial charge in [-0.05, 0) is 68.1 Å². The molecule has 0 fully saturated rings. The SMILES string of the molecule is CNCCC(COc1cccc2c1CCC2)c1ccoc1. The fraction of sp³-hybridized carbons (Fsp3) is 0.444. The van der Waals surface area contributed by atoms with Crippen molar-refractivity contribution in [3.8, 4) is 5.75 Å². The van der Waals surface area contributed by atoms with E-state index in [9.17, 15) is 0 Å². The van der Waals surface area contributed by atoms with E-state index in [0.29, 0.717) is 12.5 Å². The first kappa shape index (κ1) is 14.2. The fourth-order valence-corrected chi connectivity index (χ4v) is 3.08. The van der Waals surface area contributed by atoms with E-state index in [2.05, 4.69) is 23.5 Å². The van der Waals surface area contributed by atoms with Crippen LogP contribution in [0.3, 0.4) is 0 Å². The molecule has 1 unspecified atom stereocenters. The van der Waals surface area contributed by atoms with Crippen molar-refractivity contribution in [2.75, 3.05) is 20.2 Å². The van der Waals surface area contributed by atoms with E-state index in [-0.39, 0.29) is 0 Å². The van der Waals surface area contributed by atoms with Crippen LogP contribution in [0.25, 0.3) is 0 Å². The van der Waals surface area contributed by atoms with Gasteiger partial charge in [-0.15, -0.1) is 0 Å². The van der Waals surface area contributed by atoms with Crippen LogP contribution in [0.4, 0.5) is 0 Å². The van der Waals surface area contributed by atoms with Gasteiger partial charge in [-0.1, -0.05) is 12.1 Å². The summed E-state index contributed by atoms with van der Waals surface area (Å²) >= 11 is 0. The number of hydrogen-bond acceptors (Lipinski definition) is 3. The van der Waals surface area contributed by atoms with Gasteiger partial charge in [0.25, 0.3) is 0 Å². The normalized spacial score (nSPS) is 14.9. The largest absolute Gasteiger partial charge is 0.493 e. The summed E-state index contributed by atoms with van der Waals surface area (Å²) in [6.45, 7) is 1.68. The van der Waals surface area contributed by atoms with Crippen LogP contribution >= 0.6 is 0 Å². The molecule has 0 saturated heterocycles. The van der Waals surface area contributed by atoms with Gasteiger partial charge < -0.3 is 14.5 Å². The van der Waals surface area contributed by atoms with Gasteiger partial charge in [-0.25, -0.2) is 0 Å². The summed E-state index contributed by atoms with van der Waals surface area (Å²) < 4.78 is 11.4. The van der Waals surface area contributed by atoms with E-state index in [1.807, 2.05) is 19.4 Å². The second-order valence-corrected chi connectivity index (χ2v) is 5.70. The first-order chi connectivity index (χ1) is 10.4. The molecule has 0 amide bonds. The van der Waals surface area contributed by atoms with Crippen LogP contribution in [0, 0.1) is 0 Å². The monoisotopic (exact) mass is 285 g/mol. The molecule has 1 atom stereocenters. The van der Waals surface area contributed by atoms with E-state index in [1.165, 1.54) is 29.5 Å². The lowest BCUT2D eigenvalue weighted by molar-refractivity contribution is 0.278. The second kappa shape index (κ2) is 6.81. The zero-order valence-electron chi connectivity index (χ0n) is 12.6. The maximum Gasteiger partial charge on any atom is 0.122 e. The first-order valence-electron chi connectivity index (χ1n) is 7.78. The number of hydrogen-bond donors (Lipinski definition) is 1. The molecule has 1 aliphatic rings. The van der Waals surface area contributed by atoms with E-state index in [1.54, 1.807) is 6.26 Å². The third kappa shape index (κ3) is 3.30. The van der Waals surface area contributed by atoms with Gasteiger partial charge in [0, 0.05) is 5.92 Å². The number of rotatable bonds is 7. The summed E-state index contributed by atoms with van der Waals surface area (Å²) in [7, 11) is 1.98. The molecule has 1 N–H and O–H groups in total. The molecule has 1 heterocycles. The molecule has 1 aromatic heterocycles. The van der Waals surface area contributed by atoms with E-state index in [4.69, 9.17) is 9.15 Å². The Labute approximate surface area is 126 Å². The Hall–Kier alpha value is -1.74. The molecule has 0 aliphatic heterocycles. The summed E-state index contributed by atoms with van der Waals surface area (Å²) in [6.07, 6.45) is 8.21. The van der Waals surface area contributed by atoms with Crippen molar-refractivity contribution in [1.82, 2.24) is 5.32 Å². The number of benzene rings is 1. The van der Waals surface area contributed by atoms with Crippen molar-refractivity contribution in [2.45, 2.75) is 31.6 Å². The number of fused-ring (bicyclic) bond motifs is 1. The van der Waals surface area contributed by atoms with Crippen molar-refractivity contribution in [1.29, 1.82) is 0 Å². The average molecular weight is 285 g/mol. The molecule has 2 aromatic rings. The highest BCUT2D eigenvalue weighted by Gasteiger charge is 2.18. The second-order valence-electron chi connectivity index (χ2n) is 5.70. The molecule has 0 radical (unpaired) electrons. The predicted molar refractivity (Wildman–Crippen MR) is 84.0 cm³/mol. The third-order valence-electron chi connectivity index (χ3n) is 4.30. The van der Waals surface area contributed by atoms with Gasteiger partial charge >= 0.3 is 0 Å². The third-order valence-corrected chi connectivity index (χ3v) is 4.30. The molecule has 0 spiro atoms. The molecule has 21 heavy (non-hydrogen) atoms. The summed E-state index contributed by atoms with van der Waals surface area (Å²) in [5.74, 6) is 1.44. The van der Waals surface area contributed by atoms with E-state index < -0.39 is 0 Å². The van der Waals surface area contributed by atoms with Crippen molar-refractivity contribution in [3.63, 3.8) is 0 Å².